The molecule has 0 fully saturated rings. The van der Waals surface area contributed by atoms with E-state index in [9.17, 15) is 17.6 Å². The molecule has 8 heteroatoms. The Morgan fingerprint density at radius 3 is 2.30 bits per heavy atom. The third-order valence-corrected chi connectivity index (χ3v) is 7.20. The van der Waals surface area contributed by atoms with Crippen LogP contribution in [0.1, 0.15) is 16.7 Å². The van der Waals surface area contributed by atoms with Gasteiger partial charge in [-0.05, 0) is 72.0 Å². The van der Waals surface area contributed by atoms with E-state index in [0.29, 0.717) is 22.4 Å². The molecule has 170 valence electrons. The summed E-state index contributed by atoms with van der Waals surface area (Å²) in [4.78, 5) is 15.7. The lowest BCUT2D eigenvalue weighted by atomic mass is 10.1. The first-order valence-corrected chi connectivity index (χ1v) is 11.7. The number of sulfonamides is 1. The van der Waals surface area contributed by atoms with E-state index in [-0.39, 0.29) is 23.5 Å². The van der Waals surface area contributed by atoms with Gasteiger partial charge in [-0.1, -0.05) is 24.3 Å². The molecule has 0 aliphatic rings. The average Bonchev–Trinajstić information content (AvgIpc) is 2.80. The summed E-state index contributed by atoms with van der Waals surface area (Å²) in [5.41, 5.74) is 2.24. The Kier molecular flexibility index (Phi) is 6.31. The maximum Gasteiger partial charge on any atom is 0.252 e. The molecule has 0 saturated carbocycles. The highest BCUT2D eigenvalue weighted by Crippen LogP contribution is 2.24. The number of H-pyrrole nitrogens is 1. The number of hydrogen-bond donors (Lipinski definition) is 1. The van der Waals surface area contributed by atoms with Crippen molar-refractivity contribution >= 4 is 20.9 Å². The maximum absolute atomic E-state index is 13.5. The van der Waals surface area contributed by atoms with Crippen LogP contribution in [0.25, 0.3) is 10.9 Å². The molecule has 1 heterocycles. The van der Waals surface area contributed by atoms with Crippen molar-refractivity contribution in [3.8, 4) is 5.75 Å². The zero-order valence-corrected chi connectivity index (χ0v) is 19.0. The van der Waals surface area contributed by atoms with E-state index >= 15 is 0 Å². The van der Waals surface area contributed by atoms with Gasteiger partial charge in [-0.3, -0.25) is 4.79 Å². The van der Waals surface area contributed by atoms with Crippen molar-refractivity contribution < 1.29 is 17.5 Å². The fourth-order valence-corrected chi connectivity index (χ4v) is 4.99. The fraction of sp³-hybridized carbons (Fsp3) is 0.160. The van der Waals surface area contributed by atoms with Crippen LogP contribution in [0, 0.1) is 12.7 Å². The number of nitrogens with zero attached hydrogens (tertiary/aromatic N) is 1. The molecule has 33 heavy (non-hydrogen) atoms. The van der Waals surface area contributed by atoms with Gasteiger partial charge in [0.2, 0.25) is 10.0 Å². The SMILES string of the molecule is COc1ccc(S(=O)(=O)N(Cc2ccc(F)cc2)Cc2cc3ccc(C)cc3[nH]c2=O)cc1. The van der Waals surface area contributed by atoms with Gasteiger partial charge in [0.05, 0.1) is 12.0 Å². The van der Waals surface area contributed by atoms with E-state index in [2.05, 4.69) is 4.98 Å². The van der Waals surface area contributed by atoms with Crippen molar-refractivity contribution in [2.75, 3.05) is 7.11 Å². The van der Waals surface area contributed by atoms with E-state index in [0.717, 1.165) is 10.9 Å². The molecule has 1 N–H and O–H groups in total. The van der Waals surface area contributed by atoms with Crippen LogP contribution in [0.3, 0.4) is 0 Å². The number of nitrogens with one attached hydrogen (secondary N) is 1. The second-order valence-corrected chi connectivity index (χ2v) is 9.73. The van der Waals surface area contributed by atoms with E-state index in [1.54, 1.807) is 18.2 Å². The number of aromatic nitrogens is 1. The molecular weight excluding hydrogens is 443 g/mol. The molecule has 3 aromatic carbocycles. The molecule has 0 saturated heterocycles. The van der Waals surface area contributed by atoms with Gasteiger partial charge in [0.25, 0.3) is 5.56 Å². The van der Waals surface area contributed by atoms with Crippen LogP contribution in [0.4, 0.5) is 4.39 Å². The highest BCUT2D eigenvalue weighted by atomic mass is 32.2. The minimum atomic E-state index is -3.98. The van der Waals surface area contributed by atoms with Crippen LogP contribution >= 0.6 is 0 Å². The van der Waals surface area contributed by atoms with Crippen LogP contribution in [0.15, 0.2) is 82.5 Å². The summed E-state index contributed by atoms with van der Waals surface area (Å²) >= 11 is 0. The molecule has 0 radical (unpaired) electrons. The lowest BCUT2D eigenvalue weighted by Gasteiger charge is -2.22. The monoisotopic (exact) mass is 466 g/mol. The predicted molar refractivity (Wildman–Crippen MR) is 125 cm³/mol. The number of fused-ring (bicyclic) bond motifs is 1. The average molecular weight is 467 g/mol. The molecule has 0 bridgehead atoms. The molecule has 0 unspecified atom stereocenters. The Hall–Kier alpha value is -3.49. The smallest absolute Gasteiger partial charge is 0.252 e. The fourth-order valence-electron chi connectivity index (χ4n) is 3.58. The summed E-state index contributed by atoms with van der Waals surface area (Å²) < 4.78 is 46.8. The number of pyridine rings is 1. The van der Waals surface area contributed by atoms with Crippen molar-refractivity contribution in [3.05, 3.63) is 106 Å². The Bertz CT molecular complexity index is 1450. The summed E-state index contributed by atoms with van der Waals surface area (Å²) in [7, 11) is -2.48. The second-order valence-electron chi connectivity index (χ2n) is 7.79. The summed E-state index contributed by atoms with van der Waals surface area (Å²) in [5, 5.41) is 0.804. The molecule has 4 rings (SSSR count). The topological polar surface area (TPSA) is 79.5 Å². The molecule has 0 aliphatic heterocycles. The summed E-state index contributed by atoms with van der Waals surface area (Å²) in [5.74, 6) is 0.116. The van der Waals surface area contributed by atoms with Crippen LogP contribution in [-0.4, -0.2) is 24.8 Å². The Morgan fingerprint density at radius 1 is 0.939 bits per heavy atom. The molecule has 0 spiro atoms. The number of benzene rings is 3. The van der Waals surface area contributed by atoms with Crippen LogP contribution in [-0.2, 0) is 23.1 Å². The zero-order chi connectivity index (χ0) is 23.6. The van der Waals surface area contributed by atoms with E-state index in [4.69, 9.17) is 4.74 Å². The third kappa shape index (κ3) is 4.97. The number of methoxy groups -OCH3 is 1. The van der Waals surface area contributed by atoms with Crippen molar-refractivity contribution in [1.29, 1.82) is 0 Å². The number of ether oxygens (including phenoxy) is 1. The molecule has 6 nitrogen and oxygen atoms in total. The lowest BCUT2D eigenvalue weighted by molar-refractivity contribution is 0.399. The second kappa shape index (κ2) is 9.17. The molecule has 0 atom stereocenters. The number of aromatic amines is 1. The molecule has 0 aliphatic carbocycles. The van der Waals surface area contributed by atoms with Gasteiger partial charge >= 0.3 is 0 Å². The number of rotatable bonds is 7. The van der Waals surface area contributed by atoms with Gasteiger partial charge < -0.3 is 9.72 Å². The highest BCUT2D eigenvalue weighted by Gasteiger charge is 2.26. The third-order valence-electron chi connectivity index (χ3n) is 5.39. The van der Waals surface area contributed by atoms with Gasteiger partial charge in [-0.15, -0.1) is 0 Å². The van der Waals surface area contributed by atoms with Gasteiger partial charge in [-0.2, -0.15) is 4.31 Å². The van der Waals surface area contributed by atoms with Gasteiger partial charge in [0.1, 0.15) is 11.6 Å². The van der Waals surface area contributed by atoms with E-state index in [1.165, 1.54) is 47.8 Å². The summed E-state index contributed by atoms with van der Waals surface area (Å²) in [6.45, 7) is 1.75. The highest BCUT2D eigenvalue weighted by molar-refractivity contribution is 7.89. The van der Waals surface area contributed by atoms with Crippen LogP contribution in [0.2, 0.25) is 0 Å². The minimum absolute atomic E-state index is 0.0278. The Labute approximate surface area is 191 Å². The minimum Gasteiger partial charge on any atom is -0.497 e. The number of hydrogen-bond acceptors (Lipinski definition) is 4. The van der Waals surface area contributed by atoms with E-state index < -0.39 is 15.8 Å². The van der Waals surface area contributed by atoms with Crippen LogP contribution < -0.4 is 10.3 Å². The standard InChI is InChI=1S/C25H23FN2O4S/c1-17-3-6-19-14-20(25(29)27-24(19)13-17)16-28(15-18-4-7-21(26)8-5-18)33(30,31)23-11-9-22(32-2)10-12-23/h3-14H,15-16H2,1-2H3,(H,27,29). The first-order chi connectivity index (χ1) is 15.8. The van der Waals surface area contributed by atoms with Crippen molar-refractivity contribution in [3.63, 3.8) is 0 Å². The Balaban J connectivity index is 1.76. The molecular formula is C25H23FN2O4S. The molecule has 4 aromatic rings. The van der Waals surface area contributed by atoms with Gasteiger partial charge in [0, 0.05) is 24.2 Å². The largest absolute Gasteiger partial charge is 0.497 e. The Morgan fingerprint density at radius 2 is 1.64 bits per heavy atom. The lowest BCUT2D eigenvalue weighted by Crippen LogP contribution is -2.32. The molecule has 0 amide bonds. The summed E-state index contributed by atoms with van der Waals surface area (Å²) in [6, 6.07) is 19.0. The maximum atomic E-state index is 13.5. The van der Waals surface area contributed by atoms with E-state index in [1.807, 2.05) is 25.1 Å². The number of aryl methyl sites for hydroxylation is 1. The van der Waals surface area contributed by atoms with Gasteiger partial charge in [0.15, 0.2) is 0 Å². The normalized spacial score (nSPS) is 11.8. The summed E-state index contributed by atoms with van der Waals surface area (Å²) in [6.07, 6.45) is 0. The zero-order valence-electron chi connectivity index (χ0n) is 18.2. The molecule has 1 aromatic heterocycles. The van der Waals surface area contributed by atoms with Crippen LogP contribution in [0.5, 0.6) is 5.75 Å². The van der Waals surface area contributed by atoms with Gasteiger partial charge in [-0.25, -0.2) is 12.8 Å². The van der Waals surface area contributed by atoms with Crippen molar-refractivity contribution in [2.24, 2.45) is 0 Å². The van der Waals surface area contributed by atoms with Crippen molar-refractivity contribution in [2.45, 2.75) is 24.9 Å². The first kappa shape index (κ1) is 22.7. The quantitative estimate of drug-likeness (QED) is 0.439. The predicted octanol–water partition coefficient (Wildman–Crippen LogP) is 4.38. The number of halogens is 1. The first-order valence-electron chi connectivity index (χ1n) is 10.3. The van der Waals surface area contributed by atoms with Crippen molar-refractivity contribution in [1.82, 2.24) is 9.29 Å².